The molecule has 1 aliphatic heterocycles. The number of guanidine groups is 1. The van der Waals surface area contributed by atoms with Gasteiger partial charge in [0.25, 0.3) is 0 Å². The van der Waals surface area contributed by atoms with Crippen molar-refractivity contribution < 1.29 is 13.2 Å². The summed E-state index contributed by atoms with van der Waals surface area (Å²) in [5.41, 5.74) is 1.09. The maximum absolute atomic E-state index is 12.1. The molecular formula is C18H29IN4O3S. The number of para-hydroxylation sites is 1. The summed E-state index contributed by atoms with van der Waals surface area (Å²) >= 11 is 0. The first-order valence-corrected chi connectivity index (χ1v) is 10.9. The SMILES string of the molecule is CN=C(NCCS(=O)(=O)NCC1CCC1)NC1CCOc2ccccc21.I. The molecule has 1 unspecified atom stereocenters. The van der Waals surface area contributed by atoms with Gasteiger partial charge in [-0.15, -0.1) is 24.0 Å². The zero-order chi connectivity index (χ0) is 18.4. The third-order valence-corrected chi connectivity index (χ3v) is 6.32. The smallest absolute Gasteiger partial charge is 0.213 e. The molecule has 0 amide bonds. The maximum Gasteiger partial charge on any atom is 0.213 e. The van der Waals surface area contributed by atoms with Crippen molar-refractivity contribution in [1.82, 2.24) is 15.4 Å². The van der Waals surface area contributed by atoms with E-state index in [0.29, 0.717) is 31.6 Å². The summed E-state index contributed by atoms with van der Waals surface area (Å²) in [7, 11) is -1.57. The van der Waals surface area contributed by atoms with Crippen molar-refractivity contribution in [2.45, 2.75) is 31.7 Å². The summed E-state index contributed by atoms with van der Waals surface area (Å²) in [6, 6.07) is 8.03. The first-order valence-electron chi connectivity index (χ1n) is 9.23. The number of sulfonamides is 1. The zero-order valence-corrected chi connectivity index (χ0v) is 18.8. The molecular weight excluding hydrogens is 479 g/mol. The Hall–Kier alpha value is -1.07. The molecule has 152 valence electrons. The number of halogens is 1. The first-order chi connectivity index (χ1) is 12.6. The Bertz CT molecular complexity index is 738. The molecule has 27 heavy (non-hydrogen) atoms. The predicted octanol–water partition coefficient (Wildman–Crippen LogP) is 2.01. The van der Waals surface area contributed by atoms with Crippen molar-refractivity contribution in [3.8, 4) is 5.75 Å². The average molecular weight is 508 g/mol. The van der Waals surface area contributed by atoms with Crippen molar-refractivity contribution in [2.75, 3.05) is 32.5 Å². The molecule has 1 aromatic carbocycles. The van der Waals surface area contributed by atoms with Gasteiger partial charge in [-0.3, -0.25) is 4.99 Å². The normalized spacial score (nSPS) is 19.9. The molecule has 0 aromatic heterocycles. The van der Waals surface area contributed by atoms with Crippen LogP contribution in [-0.4, -0.2) is 46.9 Å². The van der Waals surface area contributed by atoms with Crippen LogP contribution in [-0.2, 0) is 10.0 Å². The highest BCUT2D eigenvalue weighted by Gasteiger charge is 2.22. The number of rotatable bonds is 7. The van der Waals surface area contributed by atoms with Crippen LogP contribution in [0.3, 0.4) is 0 Å². The molecule has 0 radical (unpaired) electrons. The van der Waals surface area contributed by atoms with Crippen LogP contribution in [0.5, 0.6) is 5.75 Å². The fourth-order valence-corrected chi connectivity index (χ4v) is 4.17. The molecule has 1 saturated carbocycles. The lowest BCUT2D eigenvalue weighted by Crippen LogP contribution is -2.44. The molecule has 3 N–H and O–H groups in total. The lowest BCUT2D eigenvalue weighted by molar-refractivity contribution is 0.261. The van der Waals surface area contributed by atoms with Gasteiger partial charge >= 0.3 is 0 Å². The Morgan fingerprint density at radius 2 is 2.04 bits per heavy atom. The Morgan fingerprint density at radius 1 is 1.26 bits per heavy atom. The fraction of sp³-hybridized carbons (Fsp3) is 0.611. The highest BCUT2D eigenvalue weighted by atomic mass is 127. The van der Waals surface area contributed by atoms with E-state index in [4.69, 9.17) is 4.74 Å². The summed E-state index contributed by atoms with van der Waals surface area (Å²) in [6.45, 7) is 1.52. The van der Waals surface area contributed by atoms with Crippen LogP contribution in [0.25, 0.3) is 0 Å². The van der Waals surface area contributed by atoms with Gasteiger partial charge in [-0.2, -0.15) is 0 Å². The average Bonchev–Trinajstić information content (AvgIpc) is 2.59. The minimum absolute atomic E-state index is 0. The minimum atomic E-state index is -3.25. The number of nitrogens with zero attached hydrogens (tertiary/aromatic N) is 1. The van der Waals surface area contributed by atoms with Gasteiger partial charge in [-0.05, 0) is 24.8 Å². The van der Waals surface area contributed by atoms with Crippen LogP contribution in [0, 0.1) is 5.92 Å². The van der Waals surface area contributed by atoms with Crippen LogP contribution < -0.4 is 20.1 Å². The van der Waals surface area contributed by atoms with E-state index in [0.717, 1.165) is 30.6 Å². The largest absolute Gasteiger partial charge is 0.493 e. The highest BCUT2D eigenvalue weighted by Crippen LogP contribution is 2.31. The van der Waals surface area contributed by atoms with Crippen LogP contribution in [0.15, 0.2) is 29.3 Å². The summed E-state index contributed by atoms with van der Waals surface area (Å²) in [5, 5.41) is 6.46. The van der Waals surface area contributed by atoms with E-state index in [1.165, 1.54) is 6.42 Å². The second kappa shape index (κ2) is 10.5. The number of ether oxygens (including phenoxy) is 1. The number of nitrogens with one attached hydrogen (secondary N) is 3. The monoisotopic (exact) mass is 508 g/mol. The maximum atomic E-state index is 12.1. The van der Waals surface area contributed by atoms with Gasteiger partial charge in [0.05, 0.1) is 18.4 Å². The van der Waals surface area contributed by atoms with E-state index in [9.17, 15) is 8.42 Å². The van der Waals surface area contributed by atoms with E-state index in [2.05, 4.69) is 20.3 Å². The number of benzene rings is 1. The van der Waals surface area contributed by atoms with Gasteiger partial charge in [0, 0.05) is 32.1 Å². The van der Waals surface area contributed by atoms with E-state index < -0.39 is 10.0 Å². The first kappa shape index (κ1) is 22.2. The third kappa shape index (κ3) is 6.49. The number of hydrogen-bond acceptors (Lipinski definition) is 4. The molecule has 1 aliphatic carbocycles. The van der Waals surface area contributed by atoms with Crippen LogP contribution in [0.2, 0.25) is 0 Å². The fourth-order valence-electron chi connectivity index (χ4n) is 3.17. The standard InChI is InChI=1S/C18H28N4O3S.HI/c1-19-18(20-10-12-26(23,24)21-13-14-5-4-6-14)22-16-9-11-25-17-8-3-2-7-15(16)17;/h2-3,7-8,14,16,21H,4-6,9-13H2,1H3,(H2,19,20,22);1H. The van der Waals surface area contributed by atoms with Gasteiger partial charge in [0.1, 0.15) is 5.75 Å². The van der Waals surface area contributed by atoms with Crippen molar-refractivity contribution in [3.63, 3.8) is 0 Å². The van der Waals surface area contributed by atoms with Crippen LogP contribution in [0.1, 0.15) is 37.3 Å². The minimum Gasteiger partial charge on any atom is -0.493 e. The Balaban J connectivity index is 0.00000261. The van der Waals surface area contributed by atoms with Gasteiger partial charge in [-0.1, -0.05) is 24.6 Å². The van der Waals surface area contributed by atoms with E-state index in [1.807, 2.05) is 24.3 Å². The third-order valence-electron chi connectivity index (χ3n) is 4.97. The molecule has 2 aliphatic rings. The highest BCUT2D eigenvalue weighted by molar-refractivity contribution is 14.0. The summed E-state index contributed by atoms with van der Waals surface area (Å²) in [6.07, 6.45) is 4.30. The van der Waals surface area contributed by atoms with E-state index in [-0.39, 0.29) is 35.8 Å². The van der Waals surface area contributed by atoms with Crippen molar-refractivity contribution in [2.24, 2.45) is 10.9 Å². The molecule has 1 aromatic rings. The lowest BCUT2D eigenvalue weighted by atomic mass is 9.86. The number of fused-ring (bicyclic) bond motifs is 1. The Kier molecular flexibility index (Phi) is 8.62. The molecule has 0 spiro atoms. The molecule has 1 atom stereocenters. The van der Waals surface area contributed by atoms with Gasteiger partial charge < -0.3 is 15.4 Å². The molecule has 7 nitrogen and oxygen atoms in total. The summed E-state index contributed by atoms with van der Waals surface area (Å²) in [4.78, 5) is 4.21. The van der Waals surface area contributed by atoms with E-state index >= 15 is 0 Å². The molecule has 3 rings (SSSR count). The van der Waals surface area contributed by atoms with Crippen LogP contribution >= 0.6 is 24.0 Å². The predicted molar refractivity (Wildman–Crippen MR) is 118 cm³/mol. The number of hydrogen-bond donors (Lipinski definition) is 3. The molecule has 1 fully saturated rings. The van der Waals surface area contributed by atoms with Gasteiger partial charge in [0.15, 0.2) is 5.96 Å². The van der Waals surface area contributed by atoms with Crippen molar-refractivity contribution in [1.29, 1.82) is 0 Å². The lowest BCUT2D eigenvalue weighted by Gasteiger charge is -2.28. The van der Waals surface area contributed by atoms with Crippen molar-refractivity contribution >= 4 is 40.0 Å². The number of aliphatic imine (C=N–C) groups is 1. The molecule has 0 bridgehead atoms. The van der Waals surface area contributed by atoms with Crippen LogP contribution in [0.4, 0.5) is 0 Å². The molecule has 1 heterocycles. The topological polar surface area (TPSA) is 91.8 Å². The van der Waals surface area contributed by atoms with Crippen molar-refractivity contribution in [3.05, 3.63) is 29.8 Å². The van der Waals surface area contributed by atoms with Gasteiger partial charge in [-0.25, -0.2) is 13.1 Å². The quantitative estimate of drug-likeness (QED) is 0.298. The second-order valence-electron chi connectivity index (χ2n) is 6.84. The molecule has 9 heteroatoms. The van der Waals surface area contributed by atoms with Gasteiger partial charge in [0.2, 0.25) is 10.0 Å². The zero-order valence-electron chi connectivity index (χ0n) is 15.6. The second-order valence-corrected chi connectivity index (χ2v) is 8.76. The summed E-state index contributed by atoms with van der Waals surface area (Å²) in [5.74, 6) is 2.03. The van der Waals surface area contributed by atoms with E-state index in [1.54, 1.807) is 7.05 Å². The molecule has 0 saturated heterocycles. The Morgan fingerprint density at radius 3 is 2.74 bits per heavy atom. The summed E-state index contributed by atoms with van der Waals surface area (Å²) < 4.78 is 32.5. The Labute approximate surface area is 178 Å².